The average molecular weight is 285 g/mol. The molecule has 0 bridgehead atoms. The van der Waals surface area contributed by atoms with Crippen LogP contribution in [0.25, 0.3) is 0 Å². The molecule has 0 radical (unpaired) electrons. The molecule has 1 aliphatic rings. The van der Waals surface area contributed by atoms with Gasteiger partial charge < -0.3 is 5.11 Å². The van der Waals surface area contributed by atoms with Crippen molar-refractivity contribution in [1.29, 1.82) is 5.26 Å². The fourth-order valence-electron chi connectivity index (χ4n) is 2.93. The van der Waals surface area contributed by atoms with Gasteiger partial charge in [0.1, 0.15) is 5.92 Å². The molecule has 0 spiro atoms. The Morgan fingerprint density at radius 3 is 2.52 bits per heavy atom. The van der Waals surface area contributed by atoms with Crippen LogP contribution in [0.4, 0.5) is 0 Å². The van der Waals surface area contributed by atoms with Crippen molar-refractivity contribution in [2.45, 2.75) is 38.5 Å². The Labute approximate surface area is 124 Å². The van der Waals surface area contributed by atoms with Crippen LogP contribution >= 0.6 is 0 Å². The lowest BCUT2D eigenvalue weighted by atomic mass is 9.82. The highest BCUT2D eigenvalue weighted by Gasteiger charge is 2.26. The van der Waals surface area contributed by atoms with Crippen molar-refractivity contribution in [2.75, 3.05) is 0 Å². The van der Waals surface area contributed by atoms with Crippen LogP contribution in [0.5, 0.6) is 0 Å². The molecule has 1 unspecified atom stereocenters. The molecule has 4 heteroatoms. The van der Waals surface area contributed by atoms with Crippen LogP contribution < -0.4 is 0 Å². The van der Waals surface area contributed by atoms with Crippen molar-refractivity contribution in [2.24, 2.45) is 11.8 Å². The zero-order chi connectivity index (χ0) is 15.2. The van der Waals surface area contributed by atoms with Crippen molar-refractivity contribution in [3.05, 3.63) is 35.4 Å². The molecule has 21 heavy (non-hydrogen) atoms. The number of hydrogen-bond donors (Lipinski definition) is 1. The largest absolute Gasteiger partial charge is 0.480 e. The number of carbonyl (C=O) groups is 2. The van der Waals surface area contributed by atoms with Crippen LogP contribution in [0.2, 0.25) is 0 Å². The normalized spacial score (nSPS) is 16.9. The molecule has 0 aliphatic heterocycles. The van der Waals surface area contributed by atoms with E-state index in [2.05, 4.69) is 0 Å². The highest BCUT2D eigenvalue weighted by molar-refractivity contribution is 5.99. The lowest BCUT2D eigenvalue weighted by Crippen LogP contribution is -2.21. The first-order valence-electron chi connectivity index (χ1n) is 7.38. The number of benzene rings is 1. The number of carboxylic acids is 1. The number of nitrogens with zero attached hydrogens (tertiary/aromatic N) is 1. The molecule has 1 saturated carbocycles. The maximum absolute atomic E-state index is 12.6. The van der Waals surface area contributed by atoms with E-state index in [1.54, 1.807) is 30.3 Å². The minimum atomic E-state index is -1.14. The molecule has 4 nitrogen and oxygen atoms in total. The molecule has 1 aromatic carbocycles. The van der Waals surface area contributed by atoms with E-state index in [4.69, 9.17) is 10.4 Å². The lowest BCUT2D eigenvalue weighted by Gasteiger charge is -2.21. The van der Waals surface area contributed by atoms with Gasteiger partial charge in [0, 0.05) is 11.5 Å². The highest BCUT2D eigenvalue weighted by Crippen LogP contribution is 2.28. The topological polar surface area (TPSA) is 78.2 Å². The third-order valence-corrected chi connectivity index (χ3v) is 4.14. The van der Waals surface area contributed by atoms with Gasteiger partial charge in [0.25, 0.3) is 0 Å². The Kier molecular flexibility index (Phi) is 5.10. The molecule has 1 N–H and O–H groups in total. The van der Waals surface area contributed by atoms with Crippen LogP contribution in [-0.4, -0.2) is 16.9 Å². The van der Waals surface area contributed by atoms with Crippen molar-refractivity contribution < 1.29 is 14.7 Å². The fourth-order valence-corrected chi connectivity index (χ4v) is 2.93. The summed E-state index contributed by atoms with van der Waals surface area (Å²) in [6, 6.07) is 8.87. The van der Waals surface area contributed by atoms with E-state index in [1.165, 1.54) is 6.42 Å². The summed E-state index contributed by atoms with van der Waals surface area (Å²) >= 11 is 0. The summed E-state index contributed by atoms with van der Waals surface area (Å²) in [5.74, 6) is -2.10. The van der Waals surface area contributed by atoms with Crippen molar-refractivity contribution in [3.63, 3.8) is 0 Å². The van der Waals surface area contributed by atoms with Crippen LogP contribution in [0, 0.1) is 23.2 Å². The predicted molar refractivity (Wildman–Crippen MR) is 77.8 cm³/mol. The Bertz CT molecular complexity index is 568. The first-order valence-corrected chi connectivity index (χ1v) is 7.38. The maximum atomic E-state index is 12.6. The van der Waals surface area contributed by atoms with E-state index in [-0.39, 0.29) is 18.1 Å². The number of Topliss-reactive ketones (excluding diaryl/α,β-unsaturated/α-hetero) is 1. The summed E-state index contributed by atoms with van der Waals surface area (Å²) in [5.41, 5.74) is 1.26. The zero-order valence-electron chi connectivity index (χ0n) is 11.9. The molecule has 110 valence electrons. The zero-order valence-corrected chi connectivity index (χ0v) is 11.9. The van der Waals surface area contributed by atoms with Gasteiger partial charge in [-0.15, -0.1) is 0 Å². The molecule has 0 heterocycles. The molecule has 2 rings (SSSR count). The SMILES string of the molecule is N#CC(Cc1ccccc1C(=O)C1CCCCC1)C(=O)O. The van der Waals surface area contributed by atoms with Gasteiger partial charge in [-0.2, -0.15) is 5.26 Å². The predicted octanol–water partition coefficient (Wildman–Crippen LogP) is 3.22. The average Bonchev–Trinajstić information content (AvgIpc) is 2.52. The smallest absolute Gasteiger partial charge is 0.321 e. The van der Waals surface area contributed by atoms with E-state index in [9.17, 15) is 9.59 Å². The second-order valence-electron chi connectivity index (χ2n) is 5.58. The molecule has 1 aliphatic carbocycles. The van der Waals surface area contributed by atoms with E-state index in [1.807, 2.05) is 0 Å². The number of rotatable bonds is 5. The molecule has 1 aromatic rings. The summed E-state index contributed by atoms with van der Waals surface area (Å²) in [4.78, 5) is 23.6. The van der Waals surface area contributed by atoms with E-state index >= 15 is 0 Å². The Morgan fingerprint density at radius 1 is 1.24 bits per heavy atom. The van der Waals surface area contributed by atoms with E-state index in [0.29, 0.717) is 11.1 Å². The first kappa shape index (κ1) is 15.2. The van der Waals surface area contributed by atoms with Gasteiger partial charge in [0.05, 0.1) is 6.07 Å². The molecular weight excluding hydrogens is 266 g/mol. The monoisotopic (exact) mass is 285 g/mol. The second kappa shape index (κ2) is 7.03. The highest BCUT2D eigenvalue weighted by atomic mass is 16.4. The van der Waals surface area contributed by atoms with Gasteiger partial charge in [0.2, 0.25) is 0 Å². The minimum absolute atomic E-state index is 0.0465. The number of nitriles is 1. The van der Waals surface area contributed by atoms with Gasteiger partial charge in [0.15, 0.2) is 5.78 Å². The summed E-state index contributed by atoms with van der Waals surface area (Å²) < 4.78 is 0. The Hall–Kier alpha value is -2.15. The van der Waals surface area contributed by atoms with Gasteiger partial charge in [-0.1, -0.05) is 43.5 Å². The molecular formula is C17H19NO3. The van der Waals surface area contributed by atoms with Crippen molar-refractivity contribution in [3.8, 4) is 6.07 Å². The van der Waals surface area contributed by atoms with Crippen LogP contribution in [0.15, 0.2) is 24.3 Å². The molecule has 1 atom stereocenters. The maximum Gasteiger partial charge on any atom is 0.321 e. The van der Waals surface area contributed by atoms with Gasteiger partial charge in [-0.05, 0) is 24.8 Å². The van der Waals surface area contributed by atoms with Gasteiger partial charge in [-0.3, -0.25) is 9.59 Å². The van der Waals surface area contributed by atoms with Crippen LogP contribution in [0.1, 0.15) is 48.0 Å². The minimum Gasteiger partial charge on any atom is -0.480 e. The number of ketones is 1. The Morgan fingerprint density at radius 2 is 1.90 bits per heavy atom. The van der Waals surface area contributed by atoms with Gasteiger partial charge in [-0.25, -0.2) is 0 Å². The second-order valence-corrected chi connectivity index (χ2v) is 5.58. The van der Waals surface area contributed by atoms with Crippen molar-refractivity contribution in [1.82, 2.24) is 0 Å². The number of aliphatic carboxylic acids is 1. The summed E-state index contributed by atoms with van der Waals surface area (Å²) in [6.07, 6.45) is 5.24. The van der Waals surface area contributed by atoms with E-state index < -0.39 is 11.9 Å². The van der Waals surface area contributed by atoms with Crippen LogP contribution in [0.3, 0.4) is 0 Å². The first-order chi connectivity index (χ1) is 10.1. The molecule has 0 saturated heterocycles. The molecule has 0 amide bonds. The van der Waals surface area contributed by atoms with Crippen LogP contribution in [-0.2, 0) is 11.2 Å². The van der Waals surface area contributed by atoms with Crippen molar-refractivity contribution >= 4 is 11.8 Å². The standard InChI is InChI=1S/C17H19NO3/c18-11-14(17(20)21)10-13-8-4-5-9-15(13)16(19)12-6-2-1-3-7-12/h4-5,8-9,12,14H,1-3,6-7,10H2,(H,20,21). The third kappa shape index (κ3) is 3.69. The number of carbonyl (C=O) groups excluding carboxylic acids is 1. The van der Waals surface area contributed by atoms with Gasteiger partial charge >= 0.3 is 5.97 Å². The third-order valence-electron chi connectivity index (χ3n) is 4.14. The molecule has 1 fully saturated rings. The number of hydrogen-bond acceptors (Lipinski definition) is 3. The summed E-state index contributed by atoms with van der Waals surface area (Å²) in [5, 5.41) is 17.9. The Balaban J connectivity index is 2.22. The lowest BCUT2D eigenvalue weighted by molar-refractivity contribution is -0.139. The summed E-state index contributed by atoms with van der Waals surface area (Å²) in [7, 11) is 0. The number of carboxylic acid groups (broad SMARTS) is 1. The quantitative estimate of drug-likeness (QED) is 0.842. The molecule has 0 aromatic heterocycles. The van der Waals surface area contributed by atoms with E-state index in [0.717, 1.165) is 25.7 Å². The summed E-state index contributed by atoms with van der Waals surface area (Å²) in [6.45, 7) is 0. The fraction of sp³-hybridized carbons (Fsp3) is 0.471.